The molecule has 0 unspecified atom stereocenters. The van der Waals surface area contributed by atoms with Gasteiger partial charge in [0, 0.05) is 0 Å². The van der Waals surface area contributed by atoms with E-state index in [-0.39, 0.29) is 5.69 Å². The van der Waals surface area contributed by atoms with Crippen LogP contribution in [-0.2, 0) is 7.05 Å². The number of aryl methyl sites for hydroxylation is 1. The van der Waals surface area contributed by atoms with Gasteiger partial charge in [-0.15, -0.1) is 4.68 Å². The van der Waals surface area contributed by atoms with E-state index in [0.717, 1.165) is 4.68 Å². The Bertz CT molecular complexity index is 694. The standard InChI is InChI=1S/C11H10N4O5/c1-13-11(15(18)19)10(14(16)17)9(12-13)7-5-3-4-6-8(7)20-2/h3-6H,1-2H3. The maximum Gasteiger partial charge on any atom is 0.424 e. The summed E-state index contributed by atoms with van der Waals surface area (Å²) >= 11 is 0. The SMILES string of the molecule is COc1ccccc1-c1nn(C)c([N+](=O)[O-])c1[N+](=O)[O-]. The maximum absolute atomic E-state index is 11.1. The minimum absolute atomic E-state index is 0.0957. The van der Waals surface area contributed by atoms with Crippen molar-refractivity contribution in [3.8, 4) is 17.0 Å². The second-order valence-electron chi connectivity index (χ2n) is 3.86. The molecule has 0 aliphatic rings. The fourth-order valence-electron chi connectivity index (χ4n) is 1.90. The van der Waals surface area contributed by atoms with Crippen molar-refractivity contribution in [2.24, 2.45) is 7.05 Å². The average molecular weight is 278 g/mol. The molecule has 2 rings (SSSR count). The van der Waals surface area contributed by atoms with E-state index in [1.54, 1.807) is 24.3 Å². The van der Waals surface area contributed by atoms with Crippen molar-refractivity contribution in [3.63, 3.8) is 0 Å². The summed E-state index contributed by atoms with van der Waals surface area (Å²) in [6.07, 6.45) is 0. The topological polar surface area (TPSA) is 113 Å². The van der Waals surface area contributed by atoms with Crippen molar-refractivity contribution in [1.82, 2.24) is 9.78 Å². The summed E-state index contributed by atoms with van der Waals surface area (Å²) in [6.45, 7) is 0. The van der Waals surface area contributed by atoms with Crippen molar-refractivity contribution < 1.29 is 14.6 Å². The molecule has 1 aromatic heterocycles. The highest BCUT2D eigenvalue weighted by Gasteiger charge is 2.37. The molecule has 0 spiro atoms. The lowest BCUT2D eigenvalue weighted by Crippen LogP contribution is -2.00. The van der Waals surface area contributed by atoms with Crippen LogP contribution in [0.5, 0.6) is 5.75 Å². The molecule has 20 heavy (non-hydrogen) atoms. The first kappa shape index (κ1) is 13.5. The molecule has 2 aromatic rings. The molecule has 0 aliphatic heterocycles. The van der Waals surface area contributed by atoms with Gasteiger partial charge in [-0.3, -0.25) is 10.1 Å². The van der Waals surface area contributed by atoms with Crippen molar-refractivity contribution in [2.45, 2.75) is 0 Å². The molecule has 1 heterocycles. The number of rotatable bonds is 4. The van der Waals surface area contributed by atoms with Gasteiger partial charge in [-0.05, 0) is 17.1 Å². The van der Waals surface area contributed by atoms with Gasteiger partial charge in [0.05, 0.1) is 17.6 Å². The van der Waals surface area contributed by atoms with Gasteiger partial charge >= 0.3 is 11.5 Å². The molecule has 0 atom stereocenters. The Morgan fingerprint density at radius 1 is 1.20 bits per heavy atom. The molecule has 0 amide bonds. The van der Waals surface area contributed by atoms with Gasteiger partial charge in [0.15, 0.2) is 0 Å². The summed E-state index contributed by atoms with van der Waals surface area (Å²) in [7, 11) is 2.69. The molecule has 9 heteroatoms. The summed E-state index contributed by atoms with van der Waals surface area (Å²) in [5, 5.41) is 26.0. The van der Waals surface area contributed by atoms with Crippen molar-refractivity contribution in [2.75, 3.05) is 7.11 Å². The second kappa shape index (κ2) is 4.96. The number of nitro groups is 2. The van der Waals surface area contributed by atoms with Gasteiger partial charge in [0.1, 0.15) is 12.8 Å². The monoisotopic (exact) mass is 278 g/mol. The van der Waals surface area contributed by atoms with Crippen LogP contribution in [0, 0.1) is 20.2 Å². The predicted octanol–water partition coefficient (Wildman–Crippen LogP) is 1.91. The first-order chi connectivity index (χ1) is 9.47. The molecule has 0 fully saturated rings. The first-order valence-electron chi connectivity index (χ1n) is 5.46. The summed E-state index contributed by atoms with van der Waals surface area (Å²) in [5.41, 5.74) is -0.422. The summed E-state index contributed by atoms with van der Waals surface area (Å²) < 4.78 is 5.98. The number of hydrogen-bond acceptors (Lipinski definition) is 6. The number of nitrogens with zero attached hydrogens (tertiary/aromatic N) is 4. The molecule has 0 N–H and O–H groups in total. The predicted molar refractivity (Wildman–Crippen MR) is 68.5 cm³/mol. The molecule has 9 nitrogen and oxygen atoms in total. The van der Waals surface area contributed by atoms with Crippen LogP contribution in [0.2, 0.25) is 0 Å². The van der Waals surface area contributed by atoms with E-state index in [4.69, 9.17) is 4.74 Å². The van der Waals surface area contributed by atoms with E-state index < -0.39 is 21.4 Å². The van der Waals surface area contributed by atoms with Crippen molar-refractivity contribution in [3.05, 3.63) is 44.5 Å². The number of para-hydroxylation sites is 1. The minimum atomic E-state index is -0.829. The Morgan fingerprint density at radius 3 is 2.40 bits per heavy atom. The zero-order valence-electron chi connectivity index (χ0n) is 10.6. The number of methoxy groups -OCH3 is 1. The zero-order valence-corrected chi connectivity index (χ0v) is 10.6. The smallest absolute Gasteiger partial charge is 0.424 e. The average Bonchev–Trinajstić information content (AvgIpc) is 2.76. The number of hydrogen-bond donors (Lipinski definition) is 0. The lowest BCUT2D eigenvalue weighted by atomic mass is 10.1. The van der Waals surface area contributed by atoms with Crippen LogP contribution in [0.3, 0.4) is 0 Å². The van der Waals surface area contributed by atoms with Crippen molar-refractivity contribution >= 4 is 11.5 Å². The van der Waals surface area contributed by atoms with Crippen LogP contribution in [0.4, 0.5) is 11.5 Å². The molecular weight excluding hydrogens is 268 g/mol. The van der Waals surface area contributed by atoms with E-state index in [0.29, 0.717) is 11.3 Å². The van der Waals surface area contributed by atoms with E-state index in [9.17, 15) is 20.2 Å². The molecule has 0 aliphatic carbocycles. The van der Waals surface area contributed by atoms with Crippen LogP contribution < -0.4 is 4.74 Å². The minimum Gasteiger partial charge on any atom is -0.496 e. The van der Waals surface area contributed by atoms with Gasteiger partial charge < -0.3 is 14.9 Å². The molecular formula is C11H10N4O5. The number of aromatic nitrogens is 2. The highest BCUT2D eigenvalue weighted by atomic mass is 16.6. The van der Waals surface area contributed by atoms with Gasteiger partial charge in [-0.1, -0.05) is 17.2 Å². The fourth-order valence-corrected chi connectivity index (χ4v) is 1.90. The Balaban J connectivity index is 2.78. The van der Waals surface area contributed by atoms with E-state index in [2.05, 4.69) is 5.10 Å². The maximum atomic E-state index is 11.1. The van der Waals surface area contributed by atoms with Gasteiger partial charge in [-0.2, -0.15) is 0 Å². The lowest BCUT2D eigenvalue weighted by Gasteiger charge is -2.03. The van der Waals surface area contributed by atoms with E-state index in [1.165, 1.54) is 14.2 Å². The third kappa shape index (κ3) is 2.05. The van der Waals surface area contributed by atoms with Crippen LogP contribution >= 0.6 is 0 Å². The summed E-state index contributed by atoms with van der Waals surface area (Å²) in [4.78, 5) is 20.5. The van der Waals surface area contributed by atoms with Crippen LogP contribution in [0.15, 0.2) is 24.3 Å². The second-order valence-corrected chi connectivity index (χ2v) is 3.86. The van der Waals surface area contributed by atoms with Gasteiger partial charge in [0.25, 0.3) is 0 Å². The zero-order chi connectivity index (χ0) is 14.9. The molecule has 0 radical (unpaired) electrons. The molecule has 104 valence electrons. The molecule has 0 saturated heterocycles. The lowest BCUT2D eigenvalue weighted by molar-refractivity contribution is -0.425. The van der Waals surface area contributed by atoms with E-state index >= 15 is 0 Å². The normalized spacial score (nSPS) is 10.3. The Morgan fingerprint density at radius 2 is 1.85 bits per heavy atom. The number of ether oxygens (including phenoxy) is 1. The molecule has 1 aromatic carbocycles. The van der Waals surface area contributed by atoms with Crippen LogP contribution in [-0.4, -0.2) is 26.7 Å². The molecule has 0 saturated carbocycles. The Labute approximate surface area is 112 Å². The van der Waals surface area contributed by atoms with Gasteiger partial charge in [0.2, 0.25) is 5.69 Å². The number of benzene rings is 1. The highest BCUT2D eigenvalue weighted by molar-refractivity contribution is 5.78. The Kier molecular flexibility index (Phi) is 3.34. The van der Waals surface area contributed by atoms with Crippen LogP contribution in [0.25, 0.3) is 11.3 Å². The Hall–Kier alpha value is -2.97. The summed E-state index contributed by atoms with van der Waals surface area (Å²) in [6, 6.07) is 6.48. The first-order valence-corrected chi connectivity index (χ1v) is 5.46. The van der Waals surface area contributed by atoms with E-state index in [1.807, 2.05) is 0 Å². The van der Waals surface area contributed by atoms with Gasteiger partial charge in [-0.25, -0.2) is 0 Å². The highest BCUT2D eigenvalue weighted by Crippen LogP contribution is 2.40. The van der Waals surface area contributed by atoms with Crippen molar-refractivity contribution in [1.29, 1.82) is 0 Å². The molecule has 0 bridgehead atoms. The largest absolute Gasteiger partial charge is 0.496 e. The quantitative estimate of drug-likeness (QED) is 0.623. The van der Waals surface area contributed by atoms with Crippen LogP contribution in [0.1, 0.15) is 0 Å². The summed E-state index contributed by atoms with van der Waals surface area (Å²) in [5.74, 6) is -0.320. The third-order valence-electron chi connectivity index (χ3n) is 2.71. The fraction of sp³-hybridized carbons (Fsp3) is 0.182. The third-order valence-corrected chi connectivity index (χ3v) is 2.71.